The molecule has 94 valence electrons. The van der Waals surface area contributed by atoms with E-state index in [1.165, 1.54) is 0 Å². The van der Waals surface area contributed by atoms with Crippen molar-refractivity contribution in [3.63, 3.8) is 0 Å². The highest BCUT2D eigenvalue weighted by Crippen LogP contribution is 2.27. The number of nitrogens with two attached hydrogens (primary N) is 1. The van der Waals surface area contributed by atoms with Crippen LogP contribution in [0.1, 0.15) is 0 Å². The Morgan fingerprint density at radius 2 is 1.95 bits per heavy atom. The molecule has 0 bridgehead atoms. The fourth-order valence-electron chi connectivity index (χ4n) is 2.05. The fourth-order valence-corrected chi connectivity index (χ4v) is 2.05. The lowest BCUT2D eigenvalue weighted by atomic mass is 10.1. The first-order chi connectivity index (χ1) is 9.28. The standard InChI is InChI=1S/C14H13N5/c1-16-13-6-12(18-14(15)19-13)11-8-17-7-9-4-2-3-5-10(9)11/h2-8H,1H3,(H3,15,16,18,19). The molecule has 3 N–H and O–H groups in total. The van der Waals surface area contributed by atoms with Gasteiger partial charge in [0, 0.05) is 36.5 Å². The summed E-state index contributed by atoms with van der Waals surface area (Å²) in [7, 11) is 1.80. The van der Waals surface area contributed by atoms with Gasteiger partial charge in [0.2, 0.25) is 5.95 Å². The van der Waals surface area contributed by atoms with Crippen LogP contribution in [0.4, 0.5) is 11.8 Å². The normalized spacial score (nSPS) is 10.6. The number of hydrogen-bond donors (Lipinski definition) is 2. The van der Waals surface area contributed by atoms with Crippen molar-refractivity contribution < 1.29 is 0 Å². The van der Waals surface area contributed by atoms with Gasteiger partial charge in [-0.2, -0.15) is 4.98 Å². The van der Waals surface area contributed by atoms with Gasteiger partial charge in [0.15, 0.2) is 0 Å². The topological polar surface area (TPSA) is 76.7 Å². The summed E-state index contributed by atoms with van der Waals surface area (Å²) in [6.45, 7) is 0. The van der Waals surface area contributed by atoms with E-state index in [9.17, 15) is 0 Å². The van der Waals surface area contributed by atoms with Gasteiger partial charge in [-0.1, -0.05) is 24.3 Å². The van der Waals surface area contributed by atoms with Crippen molar-refractivity contribution >= 4 is 22.5 Å². The maximum Gasteiger partial charge on any atom is 0.222 e. The van der Waals surface area contributed by atoms with Gasteiger partial charge in [0.05, 0.1) is 5.69 Å². The average Bonchev–Trinajstić information content (AvgIpc) is 2.46. The molecule has 3 rings (SSSR count). The molecule has 5 heteroatoms. The summed E-state index contributed by atoms with van der Waals surface area (Å²) in [5.41, 5.74) is 7.45. The Morgan fingerprint density at radius 1 is 1.11 bits per heavy atom. The third-order valence-corrected chi connectivity index (χ3v) is 2.94. The Labute approximate surface area is 110 Å². The molecule has 2 aromatic heterocycles. The molecule has 0 aliphatic heterocycles. The Hall–Kier alpha value is -2.69. The van der Waals surface area contributed by atoms with E-state index in [0.29, 0.717) is 5.82 Å². The summed E-state index contributed by atoms with van der Waals surface area (Å²) >= 11 is 0. The maximum atomic E-state index is 5.73. The van der Waals surface area contributed by atoms with Crippen LogP contribution in [0.15, 0.2) is 42.7 Å². The largest absolute Gasteiger partial charge is 0.373 e. The molecule has 0 atom stereocenters. The van der Waals surface area contributed by atoms with E-state index in [-0.39, 0.29) is 5.95 Å². The summed E-state index contributed by atoms with van der Waals surface area (Å²) in [6.07, 6.45) is 3.63. The molecular weight excluding hydrogens is 238 g/mol. The molecule has 0 saturated carbocycles. The lowest BCUT2D eigenvalue weighted by molar-refractivity contribution is 1.18. The second kappa shape index (κ2) is 4.53. The number of aromatic nitrogens is 3. The zero-order chi connectivity index (χ0) is 13.2. The van der Waals surface area contributed by atoms with E-state index < -0.39 is 0 Å². The van der Waals surface area contributed by atoms with Crippen LogP contribution in [0.5, 0.6) is 0 Å². The lowest BCUT2D eigenvalue weighted by Crippen LogP contribution is -2.01. The summed E-state index contributed by atoms with van der Waals surface area (Å²) in [5, 5.41) is 5.14. The van der Waals surface area contributed by atoms with Crippen LogP contribution < -0.4 is 11.1 Å². The Bertz CT molecular complexity index is 733. The highest BCUT2D eigenvalue weighted by Gasteiger charge is 2.08. The van der Waals surface area contributed by atoms with Crippen LogP contribution >= 0.6 is 0 Å². The zero-order valence-electron chi connectivity index (χ0n) is 10.5. The van der Waals surface area contributed by atoms with Gasteiger partial charge in [-0.15, -0.1) is 0 Å². The molecule has 0 aliphatic carbocycles. The molecule has 5 nitrogen and oxygen atoms in total. The van der Waals surface area contributed by atoms with Gasteiger partial charge in [-0.05, 0) is 5.39 Å². The van der Waals surface area contributed by atoms with Gasteiger partial charge in [-0.25, -0.2) is 4.98 Å². The molecule has 0 amide bonds. The van der Waals surface area contributed by atoms with Crippen LogP contribution in [-0.4, -0.2) is 22.0 Å². The van der Waals surface area contributed by atoms with Gasteiger partial charge in [-0.3, -0.25) is 4.98 Å². The smallest absolute Gasteiger partial charge is 0.222 e. The van der Waals surface area contributed by atoms with Crippen molar-refractivity contribution in [1.82, 2.24) is 15.0 Å². The molecule has 0 aliphatic rings. The second-order valence-electron chi connectivity index (χ2n) is 4.15. The fraction of sp³-hybridized carbons (Fsp3) is 0.0714. The average molecular weight is 251 g/mol. The first-order valence-corrected chi connectivity index (χ1v) is 5.93. The summed E-state index contributed by atoms with van der Waals surface area (Å²) in [6, 6.07) is 9.91. The van der Waals surface area contributed by atoms with Crippen LogP contribution in [0.25, 0.3) is 22.0 Å². The molecule has 0 fully saturated rings. The monoisotopic (exact) mass is 251 g/mol. The van der Waals surface area contributed by atoms with E-state index in [0.717, 1.165) is 22.0 Å². The van der Waals surface area contributed by atoms with Crippen molar-refractivity contribution in [2.75, 3.05) is 18.1 Å². The predicted octanol–water partition coefficient (Wildman–Crippen LogP) is 2.32. The number of anilines is 2. The molecule has 19 heavy (non-hydrogen) atoms. The van der Waals surface area contributed by atoms with Crippen molar-refractivity contribution in [3.05, 3.63) is 42.7 Å². The van der Waals surface area contributed by atoms with Crippen LogP contribution in [0.2, 0.25) is 0 Å². The third-order valence-electron chi connectivity index (χ3n) is 2.94. The lowest BCUT2D eigenvalue weighted by Gasteiger charge is -2.07. The van der Waals surface area contributed by atoms with E-state index >= 15 is 0 Å². The van der Waals surface area contributed by atoms with Crippen molar-refractivity contribution in [2.45, 2.75) is 0 Å². The number of nitrogens with one attached hydrogen (secondary N) is 1. The van der Waals surface area contributed by atoms with Gasteiger partial charge >= 0.3 is 0 Å². The molecular formula is C14H13N5. The van der Waals surface area contributed by atoms with Gasteiger partial charge in [0.25, 0.3) is 0 Å². The Morgan fingerprint density at radius 3 is 2.79 bits per heavy atom. The molecule has 0 saturated heterocycles. The van der Waals surface area contributed by atoms with Crippen LogP contribution in [0.3, 0.4) is 0 Å². The minimum atomic E-state index is 0.245. The molecule has 0 spiro atoms. The highest BCUT2D eigenvalue weighted by molar-refractivity contribution is 5.95. The first kappa shape index (κ1) is 11.4. The number of benzene rings is 1. The minimum absolute atomic E-state index is 0.245. The summed E-state index contributed by atoms with van der Waals surface area (Å²) in [4.78, 5) is 12.6. The SMILES string of the molecule is CNc1cc(-c2cncc3ccccc23)nc(N)n1. The number of hydrogen-bond acceptors (Lipinski definition) is 5. The van der Waals surface area contributed by atoms with Gasteiger partial charge < -0.3 is 11.1 Å². The van der Waals surface area contributed by atoms with Crippen molar-refractivity contribution in [1.29, 1.82) is 0 Å². The molecule has 0 unspecified atom stereocenters. The third kappa shape index (κ3) is 2.06. The molecule has 0 radical (unpaired) electrons. The highest BCUT2D eigenvalue weighted by atomic mass is 15.1. The first-order valence-electron chi connectivity index (χ1n) is 5.93. The molecule has 1 aromatic carbocycles. The molecule has 2 heterocycles. The van der Waals surface area contributed by atoms with Crippen LogP contribution in [-0.2, 0) is 0 Å². The van der Waals surface area contributed by atoms with E-state index in [1.807, 2.05) is 36.5 Å². The second-order valence-corrected chi connectivity index (χ2v) is 4.15. The minimum Gasteiger partial charge on any atom is -0.373 e. The summed E-state index contributed by atoms with van der Waals surface area (Å²) in [5.74, 6) is 0.935. The van der Waals surface area contributed by atoms with Crippen molar-refractivity contribution in [2.24, 2.45) is 0 Å². The van der Waals surface area contributed by atoms with Gasteiger partial charge in [0.1, 0.15) is 5.82 Å². The predicted molar refractivity (Wildman–Crippen MR) is 76.7 cm³/mol. The molecule has 3 aromatic rings. The van der Waals surface area contributed by atoms with E-state index in [1.54, 1.807) is 13.2 Å². The Kier molecular flexibility index (Phi) is 2.72. The number of nitrogen functional groups attached to an aromatic ring is 1. The van der Waals surface area contributed by atoms with Crippen LogP contribution in [0, 0.1) is 0 Å². The maximum absolute atomic E-state index is 5.73. The van der Waals surface area contributed by atoms with E-state index in [4.69, 9.17) is 5.73 Å². The summed E-state index contributed by atoms with van der Waals surface area (Å²) < 4.78 is 0. The Balaban J connectivity index is 2.27. The quantitative estimate of drug-likeness (QED) is 0.731. The number of nitrogens with zero attached hydrogens (tertiary/aromatic N) is 3. The number of rotatable bonds is 2. The zero-order valence-corrected chi connectivity index (χ0v) is 10.5. The number of fused-ring (bicyclic) bond motifs is 1. The number of pyridine rings is 1. The van der Waals surface area contributed by atoms with E-state index in [2.05, 4.69) is 20.3 Å². The van der Waals surface area contributed by atoms with Crippen molar-refractivity contribution in [3.8, 4) is 11.3 Å².